The third-order valence-electron chi connectivity index (χ3n) is 4.47. The summed E-state index contributed by atoms with van der Waals surface area (Å²) >= 11 is 6.40. The van der Waals surface area contributed by atoms with Crippen molar-refractivity contribution >= 4 is 34.1 Å². The summed E-state index contributed by atoms with van der Waals surface area (Å²) in [7, 11) is 1.63. The number of H-pyrrole nitrogens is 1. The van der Waals surface area contributed by atoms with Crippen LogP contribution in [0.25, 0.3) is 10.9 Å². The number of nitrogens with zero attached hydrogens (tertiary/aromatic N) is 1. The van der Waals surface area contributed by atoms with E-state index in [1.807, 2.05) is 48.5 Å². The molecule has 0 saturated carbocycles. The molecule has 0 fully saturated rings. The van der Waals surface area contributed by atoms with Gasteiger partial charge < -0.3 is 14.6 Å². The van der Waals surface area contributed by atoms with Crippen LogP contribution in [0.1, 0.15) is 27.8 Å². The fourth-order valence-corrected chi connectivity index (χ4v) is 3.51. The van der Waals surface area contributed by atoms with Crippen LogP contribution in [0.3, 0.4) is 0 Å². The van der Waals surface area contributed by atoms with Gasteiger partial charge in [-0.1, -0.05) is 18.2 Å². The molecular formula is C19H17ClN2O2. The molecule has 5 heteroatoms. The molecule has 2 heterocycles. The molecule has 1 aliphatic rings. The van der Waals surface area contributed by atoms with Crippen molar-refractivity contribution in [2.24, 2.45) is 0 Å². The highest BCUT2D eigenvalue weighted by Crippen LogP contribution is 2.38. The summed E-state index contributed by atoms with van der Waals surface area (Å²) in [5.41, 5.74) is 3.39. The van der Waals surface area contributed by atoms with E-state index in [0.717, 1.165) is 34.3 Å². The summed E-state index contributed by atoms with van der Waals surface area (Å²) in [4.78, 5) is 18.0. The molecule has 1 amide bonds. The Morgan fingerprint density at radius 1 is 1.25 bits per heavy atom. The number of carbonyl (C=O) groups excluding carboxylic acids is 1. The number of nitrogens with one attached hydrogen (secondary N) is 1. The molecule has 122 valence electrons. The number of aromatic amines is 1. The summed E-state index contributed by atoms with van der Waals surface area (Å²) in [5.74, 6) is 0.731. The van der Waals surface area contributed by atoms with E-state index in [1.54, 1.807) is 12.0 Å². The first-order chi connectivity index (χ1) is 11.7. The minimum atomic E-state index is -0.0442. The van der Waals surface area contributed by atoms with Crippen molar-refractivity contribution in [3.05, 3.63) is 59.8 Å². The Morgan fingerprint density at radius 3 is 2.92 bits per heavy atom. The van der Waals surface area contributed by atoms with Crippen LogP contribution in [-0.4, -0.2) is 24.5 Å². The Kier molecular flexibility index (Phi) is 3.69. The first-order valence-corrected chi connectivity index (χ1v) is 8.32. The third kappa shape index (κ3) is 2.43. The van der Waals surface area contributed by atoms with Gasteiger partial charge in [-0.25, -0.2) is 0 Å². The second kappa shape index (κ2) is 5.87. The van der Waals surface area contributed by atoms with Gasteiger partial charge in [-0.05, 0) is 42.3 Å². The number of hydrogen-bond donors (Lipinski definition) is 1. The number of alkyl halides is 1. The van der Waals surface area contributed by atoms with Crippen LogP contribution in [0.15, 0.2) is 48.5 Å². The number of methoxy groups -OCH3 is 1. The van der Waals surface area contributed by atoms with Crippen molar-refractivity contribution in [3.63, 3.8) is 0 Å². The molecule has 2 aromatic carbocycles. The zero-order chi connectivity index (χ0) is 16.7. The summed E-state index contributed by atoms with van der Waals surface area (Å²) in [6, 6.07) is 15.4. The smallest absolute Gasteiger partial charge is 0.274 e. The lowest BCUT2D eigenvalue weighted by atomic mass is 10.0. The van der Waals surface area contributed by atoms with Gasteiger partial charge in [0, 0.05) is 23.1 Å². The van der Waals surface area contributed by atoms with Gasteiger partial charge in [-0.15, -0.1) is 11.6 Å². The molecule has 0 saturated heterocycles. The van der Waals surface area contributed by atoms with Gasteiger partial charge in [0.05, 0.1) is 12.5 Å². The fourth-order valence-electron chi connectivity index (χ4n) is 3.23. The molecular weight excluding hydrogens is 324 g/mol. The molecule has 1 aromatic heterocycles. The Morgan fingerprint density at radius 2 is 2.08 bits per heavy atom. The molecule has 1 unspecified atom stereocenters. The normalized spacial score (nSPS) is 16.9. The summed E-state index contributed by atoms with van der Waals surface area (Å²) in [5, 5.41) is 0.912. The number of halogens is 1. The standard InChI is InChI=1S/C19H17ClN2O2/c1-24-13-6-7-16-12(10-13)11-17(21-16)19(23)22-9-8-15(20)14-4-2-3-5-18(14)22/h2-7,10-11,15,21H,8-9H2,1H3. The van der Waals surface area contributed by atoms with Crippen molar-refractivity contribution in [2.45, 2.75) is 11.8 Å². The molecule has 0 spiro atoms. The van der Waals surface area contributed by atoms with Crippen molar-refractivity contribution in [2.75, 3.05) is 18.6 Å². The Hall–Kier alpha value is -2.46. The highest BCUT2D eigenvalue weighted by atomic mass is 35.5. The number of carbonyl (C=O) groups is 1. The van der Waals surface area contributed by atoms with Gasteiger partial charge in [0.2, 0.25) is 0 Å². The SMILES string of the molecule is COc1ccc2[nH]c(C(=O)N3CCC(Cl)c4ccccc43)cc2c1. The van der Waals surface area contributed by atoms with Gasteiger partial charge in [0.15, 0.2) is 0 Å². The fraction of sp³-hybridized carbons (Fsp3) is 0.211. The van der Waals surface area contributed by atoms with Crippen molar-refractivity contribution in [1.29, 1.82) is 0 Å². The maximum Gasteiger partial charge on any atom is 0.274 e. The number of anilines is 1. The predicted molar refractivity (Wildman–Crippen MR) is 96.2 cm³/mol. The molecule has 1 atom stereocenters. The average molecular weight is 341 g/mol. The van der Waals surface area contributed by atoms with Crippen molar-refractivity contribution < 1.29 is 9.53 Å². The quantitative estimate of drug-likeness (QED) is 0.698. The lowest BCUT2D eigenvalue weighted by Gasteiger charge is -2.31. The number of fused-ring (bicyclic) bond motifs is 2. The molecule has 0 bridgehead atoms. The Labute approximate surface area is 145 Å². The third-order valence-corrected chi connectivity index (χ3v) is 4.93. The zero-order valence-corrected chi connectivity index (χ0v) is 14.0. The second-order valence-electron chi connectivity index (χ2n) is 5.91. The summed E-state index contributed by atoms with van der Waals surface area (Å²) in [6.07, 6.45) is 0.748. The van der Waals surface area contributed by atoms with E-state index < -0.39 is 0 Å². The van der Waals surface area contributed by atoms with E-state index in [0.29, 0.717) is 12.2 Å². The van der Waals surface area contributed by atoms with Crippen LogP contribution in [0.5, 0.6) is 5.75 Å². The van der Waals surface area contributed by atoms with E-state index in [9.17, 15) is 4.79 Å². The monoisotopic (exact) mass is 340 g/mol. The first kappa shape index (κ1) is 15.1. The number of benzene rings is 2. The molecule has 3 aromatic rings. The number of aromatic nitrogens is 1. The molecule has 1 aliphatic heterocycles. The van der Waals surface area contributed by atoms with Gasteiger partial charge >= 0.3 is 0 Å². The van der Waals surface area contributed by atoms with E-state index >= 15 is 0 Å². The topological polar surface area (TPSA) is 45.3 Å². The molecule has 24 heavy (non-hydrogen) atoms. The minimum absolute atomic E-state index is 0.0406. The predicted octanol–water partition coefficient (Wildman–Crippen LogP) is 4.51. The van der Waals surface area contributed by atoms with E-state index in [4.69, 9.17) is 16.3 Å². The van der Waals surface area contributed by atoms with Gasteiger partial charge in [0.25, 0.3) is 5.91 Å². The largest absolute Gasteiger partial charge is 0.497 e. The van der Waals surface area contributed by atoms with Gasteiger partial charge in [-0.2, -0.15) is 0 Å². The maximum absolute atomic E-state index is 13.0. The lowest BCUT2D eigenvalue weighted by Crippen LogP contribution is -2.36. The van der Waals surface area contributed by atoms with Crippen LogP contribution in [0.4, 0.5) is 5.69 Å². The number of rotatable bonds is 2. The Balaban J connectivity index is 1.73. The summed E-state index contributed by atoms with van der Waals surface area (Å²) in [6.45, 7) is 0.614. The lowest BCUT2D eigenvalue weighted by molar-refractivity contribution is 0.0981. The maximum atomic E-state index is 13.0. The van der Waals surface area contributed by atoms with E-state index in [-0.39, 0.29) is 11.3 Å². The Bertz CT molecular complexity index is 919. The van der Waals surface area contributed by atoms with Crippen LogP contribution < -0.4 is 9.64 Å². The van der Waals surface area contributed by atoms with Crippen LogP contribution in [-0.2, 0) is 0 Å². The van der Waals surface area contributed by atoms with E-state index in [2.05, 4.69) is 4.98 Å². The number of para-hydroxylation sites is 1. The van der Waals surface area contributed by atoms with Gasteiger partial charge in [0.1, 0.15) is 11.4 Å². The molecule has 1 N–H and O–H groups in total. The van der Waals surface area contributed by atoms with Crippen LogP contribution in [0, 0.1) is 0 Å². The second-order valence-corrected chi connectivity index (χ2v) is 6.43. The molecule has 4 nitrogen and oxygen atoms in total. The number of amides is 1. The molecule has 0 radical (unpaired) electrons. The van der Waals surface area contributed by atoms with Gasteiger partial charge in [-0.3, -0.25) is 4.79 Å². The van der Waals surface area contributed by atoms with Crippen molar-refractivity contribution in [3.8, 4) is 5.75 Å². The average Bonchev–Trinajstić information content (AvgIpc) is 3.05. The van der Waals surface area contributed by atoms with Crippen molar-refractivity contribution in [1.82, 2.24) is 4.98 Å². The first-order valence-electron chi connectivity index (χ1n) is 7.89. The number of hydrogen-bond acceptors (Lipinski definition) is 2. The summed E-state index contributed by atoms with van der Waals surface area (Å²) < 4.78 is 5.24. The van der Waals surface area contributed by atoms with Crippen LogP contribution in [0.2, 0.25) is 0 Å². The van der Waals surface area contributed by atoms with E-state index in [1.165, 1.54) is 0 Å². The highest BCUT2D eigenvalue weighted by molar-refractivity contribution is 6.22. The van der Waals surface area contributed by atoms with Crippen LogP contribution >= 0.6 is 11.6 Å². The highest BCUT2D eigenvalue weighted by Gasteiger charge is 2.28. The minimum Gasteiger partial charge on any atom is -0.497 e. The molecule has 4 rings (SSSR count). The molecule has 0 aliphatic carbocycles. The zero-order valence-electron chi connectivity index (χ0n) is 13.3. The number of ether oxygens (including phenoxy) is 1.